The van der Waals surface area contributed by atoms with Crippen molar-refractivity contribution in [3.63, 3.8) is 0 Å². The van der Waals surface area contributed by atoms with Crippen molar-refractivity contribution < 1.29 is 9.53 Å². The highest BCUT2D eigenvalue weighted by Crippen LogP contribution is 2.65. The fourth-order valence-corrected chi connectivity index (χ4v) is 7.51. The Balaban J connectivity index is 1.55. The van der Waals surface area contributed by atoms with Crippen LogP contribution >= 0.6 is 0 Å². The van der Waals surface area contributed by atoms with Crippen molar-refractivity contribution >= 4 is 11.6 Å². The van der Waals surface area contributed by atoms with Gasteiger partial charge in [0, 0.05) is 29.6 Å². The molecule has 128 valence electrons. The van der Waals surface area contributed by atoms with Gasteiger partial charge in [0.2, 0.25) is 5.91 Å². The van der Waals surface area contributed by atoms with Gasteiger partial charge in [0.1, 0.15) is 0 Å². The predicted octanol–water partition coefficient (Wildman–Crippen LogP) is 2.09. The highest BCUT2D eigenvalue weighted by molar-refractivity contribution is 5.99. The molecule has 5 aliphatic heterocycles. The van der Waals surface area contributed by atoms with Crippen molar-refractivity contribution in [1.29, 1.82) is 0 Å². The number of para-hydroxylation sites is 1. The average molecular weight is 334 g/mol. The lowest BCUT2D eigenvalue weighted by molar-refractivity contribution is -0.132. The van der Waals surface area contributed by atoms with E-state index in [1.165, 1.54) is 30.6 Å². The molecule has 0 aromatic heterocycles. The second-order valence-electron chi connectivity index (χ2n) is 8.78. The highest BCUT2D eigenvalue weighted by atomic mass is 16.5. The first-order valence-corrected chi connectivity index (χ1v) is 9.75. The van der Waals surface area contributed by atoms with Crippen molar-refractivity contribution in [2.24, 2.45) is 11.8 Å². The molecule has 3 saturated heterocycles. The van der Waals surface area contributed by atoms with E-state index in [2.05, 4.69) is 40.1 Å². The Labute approximate surface area is 147 Å². The summed E-state index contributed by atoms with van der Waals surface area (Å²) < 4.78 is 6.25. The Morgan fingerprint density at radius 3 is 3.12 bits per heavy atom. The van der Waals surface area contributed by atoms with Crippen LogP contribution in [0.5, 0.6) is 0 Å². The minimum atomic E-state index is 0.104. The predicted molar refractivity (Wildman–Crippen MR) is 93.4 cm³/mol. The number of amides is 1. The topological polar surface area (TPSA) is 32.8 Å². The molecular weight excluding hydrogens is 312 g/mol. The van der Waals surface area contributed by atoms with Gasteiger partial charge in [0.05, 0.1) is 25.2 Å². The molecule has 4 nitrogen and oxygen atoms in total. The molecule has 0 N–H and O–H groups in total. The van der Waals surface area contributed by atoms with Gasteiger partial charge in [-0.25, -0.2) is 0 Å². The molecule has 0 radical (unpaired) electrons. The molecule has 4 heteroatoms. The number of ether oxygens (including phenoxy) is 1. The molecule has 5 heterocycles. The maximum atomic E-state index is 13.2. The summed E-state index contributed by atoms with van der Waals surface area (Å²) >= 11 is 0. The summed E-state index contributed by atoms with van der Waals surface area (Å²) in [4.78, 5) is 18.1. The zero-order valence-corrected chi connectivity index (χ0v) is 14.2. The maximum absolute atomic E-state index is 13.2. The highest BCUT2D eigenvalue weighted by Gasteiger charge is 2.70. The Morgan fingerprint density at radius 2 is 2.16 bits per heavy atom. The van der Waals surface area contributed by atoms with E-state index in [1.807, 2.05) is 0 Å². The second-order valence-corrected chi connectivity index (χ2v) is 8.78. The van der Waals surface area contributed by atoms with E-state index in [0.717, 1.165) is 6.54 Å². The van der Waals surface area contributed by atoms with Gasteiger partial charge in [0.15, 0.2) is 0 Å². The molecule has 1 unspecified atom stereocenters. The lowest BCUT2D eigenvalue weighted by Crippen LogP contribution is -2.69. The molecule has 2 bridgehead atoms. The minimum Gasteiger partial charge on any atom is -0.373 e. The Bertz CT molecular complexity index is 848. The SMILES string of the molecule is O=C1CC2OCC=C3CN4CC[C@]56c7ccccc7N1[C@H]5[C@H]2[C@H]3C[C@@H]46. The van der Waals surface area contributed by atoms with Gasteiger partial charge in [-0.3, -0.25) is 9.69 Å². The van der Waals surface area contributed by atoms with Crippen molar-refractivity contribution in [1.82, 2.24) is 4.90 Å². The van der Waals surface area contributed by atoms with Gasteiger partial charge < -0.3 is 9.64 Å². The second kappa shape index (κ2) is 4.18. The van der Waals surface area contributed by atoms with Crippen molar-refractivity contribution in [2.45, 2.75) is 42.9 Å². The number of anilines is 1. The van der Waals surface area contributed by atoms with E-state index in [9.17, 15) is 4.79 Å². The number of nitrogens with zero attached hydrogens (tertiary/aromatic N) is 2. The molecule has 1 aromatic carbocycles. The first-order chi connectivity index (χ1) is 12.3. The van der Waals surface area contributed by atoms with Crippen molar-refractivity contribution in [3.05, 3.63) is 41.5 Å². The fraction of sp³-hybridized carbons (Fsp3) is 0.571. The van der Waals surface area contributed by atoms with Crippen molar-refractivity contribution in [3.8, 4) is 0 Å². The van der Waals surface area contributed by atoms with Crippen LogP contribution in [-0.4, -0.2) is 48.7 Å². The number of benzene rings is 1. The Kier molecular flexibility index (Phi) is 2.27. The summed E-state index contributed by atoms with van der Waals surface area (Å²) in [5, 5.41) is 0. The van der Waals surface area contributed by atoms with E-state index in [-0.39, 0.29) is 17.4 Å². The Hall–Kier alpha value is -1.65. The monoisotopic (exact) mass is 334 g/mol. The normalized spacial score (nSPS) is 45.9. The molecule has 1 aromatic rings. The molecule has 6 atom stereocenters. The third-order valence-corrected chi connectivity index (χ3v) is 8.22. The summed E-state index contributed by atoms with van der Waals surface area (Å²) in [6.07, 6.45) is 5.43. The average Bonchev–Trinajstić information content (AvgIpc) is 3.10. The van der Waals surface area contributed by atoms with Crippen LogP contribution in [0.25, 0.3) is 0 Å². The van der Waals surface area contributed by atoms with Gasteiger partial charge in [0.25, 0.3) is 0 Å². The summed E-state index contributed by atoms with van der Waals surface area (Å²) in [6.45, 7) is 2.97. The lowest BCUT2D eigenvalue weighted by Gasteiger charge is -2.58. The quantitative estimate of drug-likeness (QED) is 0.681. The first-order valence-electron chi connectivity index (χ1n) is 9.75. The molecule has 7 rings (SSSR count). The zero-order valence-electron chi connectivity index (χ0n) is 14.2. The largest absolute Gasteiger partial charge is 0.373 e. The molecular formula is C21H22N2O2. The summed E-state index contributed by atoms with van der Waals surface area (Å²) in [5.74, 6) is 1.35. The van der Waals surface area contributed by atoms with Crippen LogP contribution < -0.4 is 4.90 Å². The number of carbonyl (C=O) groups is 1. The van der Waals surface area contributed by atoms with Crippen LogP contribution in [0.15, 0.2) is 35.9 Å². The number of hydrogen-bond donors (Lipinski definition) is 0. The van der Waals surface area contributed by atoms with Crippen LogP contribution in [-0.2, 0) is 14.9 Å². The maximum Gasteiger partial charge on any atom is 0.229 e. The van der Waals surface area contributed by atoms with E-state index < -0.39 is 0 Å². The number of rotatable bonds is 0. The molecule has 1 saturated carbocycles. The summed E-state index contributed by atoms with van der Waals surface area (Å²) in [7, 11) is 0. The molecule has 1 aliphatic carbocycles. The Morgan fingerprint density at radius 1 is 1.24 bits per heavy atom. The van der Waals surface area contributed by atoms with Crippen LogP contribution in [0.1, 0.15) is 24.8 Å². The first kappa shape index (κ1) is 13.5. The summed E-state index contributed by atoms with van der Waals surface area (Å²) in [6, 6.07) is 9.64. The third kappa shape index (κ3) is 1.33. The van der Waals surface area contributed by atoms with Gasteiger partial charge in [-0.05, 0) is 36.9 Å². The van der Waals surface area contributed by atoms with E-state index in [4.69, 9.17) is 4.74 Å². The molecule has 1 spiro atoms. The van der Waals surface area contributed by atoms with E-state index in [0.29, 0.717) is 36.9 Å². The molecule has 4 fully saturated rings. The zero-order chi connectivity index (χ0) is 16.3. The van der Waals surface area contributed by atoms with Crippen LogP contribution in [0.4, 0.5) is 5.69 Å². The fourth-order valence-electron chi connectivity index (χ4n) is 7.51. The minimum absolute atomic E-state index is 0.104. The smallest absolute Gasteiger partial charge is 0.229 e. The van der Waals surface area contributed by atoms with Crippen molar-refractivity contribution in [2.75, 3.05) is 24.6 Å². The number of hydrogen-bond acceptors (Lipinski definition) is 3. The lowest BCUT2D eigenvalue weighted by atomic mass is 9.53. The summed E-state index contributed by atoms with van der Waals surface area (Å²) in [5.41, 5.74) is 4.35. The standard InChI is InChI=1S/C21H22N2O2/c24-18-10-16-19-13-9-17-21(6-7-22(17)11-12(13)5-8-25-16)14-3-1-2-4-15(14)23(18)20(19)21/h1-5,13,16-17,19-20H,6-11H2/t13-,16?,17+,19-,20-,21+/m0/s1. The number of carbonyl (C=O) groups excluding carboxylic acids is 1. The van der Waals surface area contributed by atoms with Gasteiger partial charge in [-0.15, -0.1) is 0 Å². The van der Waals surface area contributed by atoms with Crippen LogP contribution in [0, 0.1) is 11.8 Å². The number of piperidine rings is 2. The van der Waals surface area contributed by atoms with Crippen LogP contribution in [0.3, 0.4) is 0 Å². The van der Waals surface area contributed by atoms with E-state index >= 15 is 0 Å². The van der Waals surface area contributed by atoms with Gasteiger partial charge in [-0.2, -0.15) is 0 Å². The van der Waals surface area contributed by atoms with Gasteiger partial charge >= 0.3 is 0 Å². The molecule has 25 heavy (non-hydrogen) atoms. The van der Waals surface area contributed by atoms with Gasteiger partial charge in [-0.1, -0.05) is 29.8 Å². The molecule has 6 aliphatic rings. The molecule has 1 amide bonds. The third-order valence-electron chi connectivity index (χ3n) is 8.22. The number of fused-ring (bicyclic) bond motifs is 2. The van der Waals surface area contributed by atoms with E-state index in [1.54, 1.807) is 5.57 Å². The van der Waals surface area contributed by atoms with Crippen LogP contribution in [0.2, 0.25) is 0 Å².